The van der Waals surface area contributed by atoms with Crippen LogP contribution in [0.4, 0.5) is 23.9 Å². The molecule has 1 heterocycles. The molecule has 0 unspecified atom stereocenters. The molecule has 0 fully saturated rings. The highest BCUT2D eigenvalue weighted by Crippen LogP contribution is 2.39. The molecule has 6 nitrogen and oxygen atoms in total. The number of amides is 1. The van der Waals surface area contributed by atoms with Crippen LogP contribution in [-0.4, -0.2) is 45.8 Å². The van der Waals surface area contributed by atoms with Gasteiger partial charge in [-0.05, 0) is 0 Å². The molecular formula is C11H14F3N3O3S. The Morgan fingerprint density at radius 3 is 2.43 bits per heavy atom. The van der Waals surface area contributed by atoms with Crippen LogP contribution in [-0.2, 0) is 4.74 Å². The lowest BCUT2D eigenvalue weighted by atomic mass is 10.2. The van der Waals surface area contributed by atoms with Gasteiger partial charge in [-0.2, -0.15) is 13.2 Å². The number of nitrogens with one attached hydrogen (secondary N) is 1. The summed E-state index contributed by atoms with van der Waals surface area (Å²) in [4.78, 5) is 24.1. The van der Waals surface area contributed by atoms with E-state index in [4.69, 9.17) is 5.73 Å². The number of anilines is 2. The number of hydrogen-bond acceptors (Lipinski definition) is 6. The van der Waals surface area contributed by atoms with E-state index in [0.717, 1.165) is 19.1 Å². The fraction of sp³-hybridized carbons (Fsp3) is 0.455. The molecule has 0 spiro atoms. The molecule has 0 aliphatic heterocycles. The van der Waals surface area contributed by atoms with Gasteiger partial charge in [-0.25, -0.2) is 4.79 Å². The second kappa shape index (κ2) is 6.20. The van der Waals surface area contributed by atoms with Gasteiger partial charge in [0.25, 0.3) is 5.91 Å². The highest BCUT2D eigenvalue weighted by molar-refractivity contribution is 7.19. The van der Waals surface area contributed by atoms with Crippen LogP contribution in [0.2, 0.25) is 0 Å². The summed E-state index contributed by atoms with van der Waals surface area (Å²) in [6.07, 6.45) is -4.46. The number of hydrogen-bond donors (Lipinski definition) is 2. The molecule has 0 saturated carbocycles. The van der Waals surface area contributed by atoms with Crippen LogP contribution in [0.5, 0.6) is 0 Å². The first kappa shape index (κ1) is 17.1. The zero-order chi connectivity index (χ0) is 16.4. The molecule has 0 aliphatic carbocycles. The van der Waals surface area contributed by atoms with E-state index in [-0.39, 0.29) is 21.1 Å². The largest absolute Gasteiger partial charge is 0.465 e. The molecule has 0 bridgehead atoms. The van der Waals surface area contributed by atoms with Gasteiger partial charge in [0.1, 0.15) is 22.0 Å². The molecule has 10 heteroatoms. The van der Waals surface area contributed by atoms with Crippen LogP contribution in [0.15, 0.2) is 0 Å². The first-order valence-electron chi connectivity index (χ1n) is 5.63. The number of nitrogens with two attached hydrogens (primary N) is 1. The lowest BCUT2D eigenvalue weighted by Crippen LogP contribution is -2.31. The third kappa shape index (κ3) is 3.78. The first-order chi connectivity index (χ1) is 9.62. The molecule has 21 heavy (non-hydrogen) atoms. The maximum absolute atomic E-state index is 12.5. The minimum Gasteiger partial charge on any atom is -0.465 e. The van der Waals surface area contributed by atoms with Crippen LogP contribution in [0.25, 0.3) is 0 Å². The van der Waals surface area contributed by atoms with E-state index in [1.165, 1.54) is 7.05 Å². The Morgan fingerprint density at radius 1 is 1.43 bits per heavy atom. The third-order valence-corrected chi connectivity index (χ3v) is 3.83. The Morgan fingerprint density at radius 2 is 2.00 bits per heavy atom. The van der Waals surface area contributed by atoms with E-state index in [2.05, 4.69) is 10.1 Å². The number of nitrogen functional groups attached to an aromatic ring is 1. The summed E-state index contributed by atoms with van der Waals surface area (Å²) in [5, 5.41) is 2.23. The van der Waals surface area contributed by atoms with Gasteiger partial charge < -0.3 is 20.7 Å². The van der Waals surface area contributed by atoms with Crippen molar-refractivity contribution in [3.8, 4) is 0 Å². The van der Waals surface area contributed by atoms with Crippen molar-refractivity contribution in [3.05, 3.63) is 10.4 Å². The number of methoxy groups -OCH3 is 1. The quantitative estimate of drug-likeness (QED) is 0.819. The zero-order valence-corrected chi connectivity index (χ0v) is 12.3. The highest BCUT2D eigenvalue weighted by Gasteiger charge is 2.34. The fourth-order valence-corrected chi connectivity index (χ4v) is 2.74. The number of alkyl halides is 3. The fourth-order valence-electron chi connectivity index (χ4n) is 1.62. The first-order valence-corrected chi connectivity index (χ1v) is 6.44. The smallest absolute Gasteiger partial charge is 0.405 e. The molecule has 0 aromatic carbocycles. The van der Waals surface area contributed by atoms with E-state index in [0.29, 0.717) is 11.3 Å². The minimum atomic E-state index is -4.46. The van der Waals surface area contributed by atoms with Crippen molar-refractivity contribution in [2.75, 3.05) is 38.4 Å². The number of ether oxygens (including phenoxy) is 1. The van der Waals surface area contributed by atoms with Crippen molar-refractivity contribution in [1.82, 2.24) is 5.32 Å². The summed E-state index contributed by atoms with van der Waals surface area (Å²) < 4.78 is 41.9. The van der Waals surface area contributed by atoms with E-state index in [1.807, 2.05) is 0 Å². The molecule has 3 N–H and O–H groups in total. The van der Waals surface area contributed by atoms with Gasteiger partial charge in [0.2, 0.25) is 0 Å². The van der Waals surface area contributed by atoms with Crippen molar-refractivity contribution in [1.29, 1.82) is 0 Å². The molecule has 0 saturated heterocycles. The van der Waals surface area contributed by atoms with Crippen LogP contribution in [0, 0.1) is 0 Å². The van der Waals surface area contributed by atoms with Crippen molar-refractivity contribution in [2.45, 2.75) is 6.18 Å². The molecule has 0 radical (unpaired) electrons. The molecule has 0 aliphatic rings. The summed E-state index contributed by atoms with van der Waals surface area (Å²) in [5.41, 5.74) is 5.26. The van der Waals surface area contributed by atoms with Crippen molar-refractivity contribution < 1.29 is 27.5 Å². The lowest BCUT2D eigenvalue weighted by Gasteiger charge is -2.20. The topological polar surface area (TPSA) is 84.7 Å². The Hall–Kier alpha value is -1.97. The third-order valence-electron chi connectivity index (χ3n) is 2.51. The zero-order valence-electron chi connectivity index (χ0n) is 11.5. The minimum absolute atomic E-state index is 0.0399. The summed E-state index contributed by atoms with van der Waals surface area (Å²) in [7, 11) is 3.57. The Kier molecular flexibility index (Phi) is 5.05. The average Bonchev–Trinajstić information content (AvgIpc) is 2.73. The molecule has 118 valence electrons. The molecule has 1 amide bonds. The number of rotatable bonds is 4. The predicted octanol–water partition coefficient (Wildman–Crippen LogP) is 1.47. The number of halogens is 3. The summed E-state index contributed by atoms with van der Waals surface area (Å²) in [5.74, 6) is -1.49. The molecule has 1 aromatic rings. The molecular weight excluding hydrogens is 311 g/mol. The number of thiophene rings is 1. The Balaban J connectivity index is 3.35. The van der Waals surface area contributed by atoms with Gasteiger partial charge in [0.15, 0.2) is 0 Å². The highest BCUT2D eigenvalue weighted by atomic mass is 32.1. The Labute approximate surface area is 122 Å². The number of nitrogens with zero attached hydrogens (tertiary/aromatic N) is 1. The van der Waals surface area contributed by atoms with E-state index in [9.17, 15) is 22.8 Å². The predicted molar refractivity (Wildman–Crippen MR) is 72.8 cm³/mol. The second-order valence-electron chi connectivity index (χ2n) is 4.07. The number of carbonyl (C=O) groups is 2. The lowest BCUT2D eigenvalue weighted by molar-refractivity contribution is -0.119. The Bertz CT molecular complexity index is 557. The standard InChI is InChI=1S/C11H14F3N3O3S/c1-16-8(18)7-6(15)5(10(19)20-3)9(21-7)17(2)4-11(12,13)14/h4,15H2,1-3H3,(H,16,18). The SMILES string of the molecule is CNC(=O)c1sc(N(C)CC(F)(F)F)c(C(=O)OC)c1N. The van der Waals surface area contributed by atoms with Gasteiger partial charge in [-0.15, -0.1) is 11.3 Å². The normalized spacial score (nSPS) is 11.1. The van der Waals surface area contributed by atoms with Crippen LogP contribution in [0.1, 0.15) is 20.0 Å². The second-order valence-corrected chi connectivity index (χ2v) is 5.07. The van der Waals surface area contributed by atoms with Gasteiger partial charge in [-0.3, -0.25) is 4.79 Å². The van der Waals surface area contributed by atoms with Crippen LogP contribution < -0.4 is 16.0 Å². The maximum Gasteiger partial charge on any atom is 0.405 e. The van der Waals surface area contributed by atoms with E-state index >= 15 is 0 Å². The van der Waals surface area contributed by atoms with Crippen LogP contribution >= 0.6 is 11.3 Å². The summed E-state index contributed by atoms with van der Waals surface area (Å²) >= 11 is 0.699. The van der Waals surface area contributed by atoms with Gasteiger partial charge in [-0.1, -0.05) is 0 Å². The summed E-state index contributed by atoms with van der Waals surface area (Å²) in [6.45, 7) is -1.29. The van der Waals surface area contributed by atoms with Crippen LogP contribution in [0.3, 0.4) is 0 Å². The van der Waals surface area contributed by atoms with Crippen molar-refractivity contribution >= 4 is 33.9 Å². The van der Waals surface area contributed by atoms with Gasteiger partial charge in [0, 0.05) is 14.1 Å². The maximum atomic E-state index is 12.5. The van der Waals surface area contributed by atoms with E-state index < -0.39 is 24.6 Å². The monoisotopic (exact) mass is 325 g/mol. The number of carbonyl (C=O) groups excluding carboxylic acids is 2. The molecule has 1 aromatic heterocycles. The average molecular weight is 325 g/mol. The van der Waals surface area contributed by atoms with Gasteiger partial charge >= 0.3 is 12.1 Å². The van der Waals surface area contributed by atoms with Crippen molar-refractivity contribution in [3.63, 3.8) is 0 Å². The van der Waals surface area contributed by atoms with Gasteiger partial charge in [0.05, 0.1) is 12.8 Å². The molecule has 1 rings (SSSR count). The van der Waals surface area contributed by atoms with Crippen molar-refractivity contribution in [2.24, 2.45) is 0 Å². The van der Waals surface area contributed by atoms with E-state index in [1.54, 1.807) is 0 Å². The number of esters is 1. The molecule has 0 atom stereocenters. The summed E-state index contributed by atoms with van der Waals surface area (Å²) in [6, 6.07) is 0.